The van der Waals surface area contributed by atoms with Crippen molar-refractivity contribution in [2.75, 3.05) is 22.8 Å². The maximum absolute atomic E-state index is 14.0. The van der Waals surface area contributed by atoms with Crippen LogP contribution in [0.15, 0.2) is 18.2 Å². The first kappa shape index (κ1) is 21.7. The Hall–Kier alpha value is -2.16. The van der Waals surface area contributed by atoms with Gasteiger partial charge in [-0.05, 0) is 87.3 Å². The Morgan fingerprint density at radius 2 is 1.72 bits per heavy atom. The molecule has 0 radical (unpaired) electrons. The minimum atomic E-state index is -3.66. The smallest absolute Gasteiger partial charge is 0.247 e. The number of carbonyl (C=O) groups excluding carboxylic acids is 2. The molecule has 1 aliphatic heterocycles. The Bertz CT molecular complexity index is 1020. The maximum Gasteiger partial charge on any atom is 0.247 e. The van der Waals surface area contributed by atoms with Gasteiger partial charge in [-0.15, -0.1) is 0 Å². The number of rotatable bonds is 5. The molecule has 1 atom stereocenters. The number of halogens is 1. The summed E-state index contributed by atoms with van der Waals surface area (Å²) >= 11 is 0. The molecule has 2 amide bonds. The fourth-order valence-corrected chi connectivity index (χ4v) is 7.62. The average Bonchev–Trinajstić information content (AvgIpc) is 3.17. The quantitative estimate of drug-likeness (QED) is 0.700. The maximum atomic E-state index is 14.0. The lowest BCUT2D eigenvalue weighted by molar-refractivity contribution is -0.160. The van der Waals surface area contributed by atoms with Gasteiger partial charge < -0.3 is 10.2 Å². The summed E-state index contributed by atoms with van der Waals surface area (Å²) in [6, 6.07) is 3.21. The minimum absolute atomic E-state index is 0.146. The summed E-state index contributed by atoms with van der Waals surface area (Å²) in [7, 11) is -3.66. The Labute approximate surface area is 188 Å². The molecule has 1 aromatic carbocycles. The van der Waals surface area contributed by atoms with Gasteiger partial charge >= 0.3 is 0 Å². The fourth-order valence-electron chi connectivity index (χ4n) is 7.07. The molecule has 7 nitrogen and oxygen atoms in total. The highest BCUT2D eigenvalue weighted by Crippen LogP contribution is 2.60. The zero-order valence-electron chi connectivity index (χ0n) is 18.3. The number of likely N-dealkylation sites (tertiary alicyclic amines) is 1. The van der Waals surface area contributed by atoms with Crippen LogP contribution >= 0.6 is 0 Å². The van der Waals surface area contributed by atoms with Crippen LogP contribution in [0.25, 0.3) is 0 Å². The third kappa shape index (κ3) is 4.00. The highest BCUT2D eigenvalue weighted by Gasteiger charge is 2.56. The van der Waals surface area contributed by atoms with Crippen molar-refractivity contribution in [3.05, 3.63) is 24.0 Å². The number of hydrogen-bond donors (Lipinski definition) is 2. The number of sulfonamides is 1. The van der Waals surface area contributed by atoms with Crippen molar-refractivity contribution in [2.24, 2.45) is 23.2 Å². The van der Waals surface area contributed by atoms with Crippen molar-refractivity contribution in [1.29, 1.82) is 0 Å². The molecule has 9 heteroatoms. The molecule has 5 fully saturated rings. The topological polar surface area (TPSA) is 95.6 Å². The lowest BCUT2D eigenvalue weighted by atomic mass is 9.49. The molecular formula is C23H30FN3O4S. The number of anilines is 2. The van der Waals surface area contributed by atoms with Gasteiger partial charge in [-0.25, -0.2) is 12.8 Å². The van der Waals surface area contributed by atoms with Gasteiger partial charge in [0.05, 0.1) is 17.4 Å². The van der Waals surface area contributed by atoms with Crippen molar-refractivity contribution in [2.45, 2.75) is 57.4 Å². The summed E-state index contributed by atoms with van der Waals surface area (Å²) in [5, 5.41) is 2.76. The molecule has 1 saturated heterocycles. The van der Waals surface area contributed by atoms with Crippen LogP contribution in [0.1, 0.15) is 51.4 Å². The molecule has 2 N–H and O–H groups in total. The van der Waals surface area contributed by atoms with Crippen molar-refractivity contribution in [3.63, 3.8) is 0 Å². The van der Waals surface area contributed by atoms with E-state index in [4.69, 9.17) is 0 Å². The molecule has 1 aromatic rings. The third-order valence-corrected chi connectivity index (χ3v) is 8.43. The predicted molar refractivity (Wildman–Crippen MR) is 119 cm³/mol. The van der Waals surface area contributed by atoms with E-state index >= 15 is 0 Å². The Morgan fingerprint density at radius 1 is 1.09 bits per heavy atom. The van der Waals surface area contributed by atoms with Crippen LogP contribution in [0.4, 0.5) is 15.8 Å². The highest BCUT2D eigenvalue weighted by molar-refractivity contribution is 7.92. The fraction of sp³-hybridized carbons (Fsp3) is 0.652. The second kappa shape index (κ2) is 7.71. The highest BCUT2D eigenvalue weighted by atomic mass is 32.2. The average molecular weight is 464 g/mol. The Morgan fingerprint density at radius 3 is 2.31 bits per heavy atom. The van der Waals surface area contributed by atoms with E-state index in [0.717, 1.165) is 38.0 Å². The molecule has 0 aromatic heterocycles. The SMILES string of the molecule is CS(=O)(=O)Nc1cc(NC(=O)C2CCCN2C(=O)C23CC4CC(CC(C4)C2)C3)ccc1F. The second-order valence-electron chi connectivity index (χ2n) is 10.4. The standard InChI is InChI=1S/C23H30FN3O4S/c1-32(30,31)26-19-10-17(4-5-18(19)24)25-21(28)20-3-2-6-27(20)22(29)23-11-14-7-15(12-23)9-16(8-14)13-23/h4-5,10,14-16,20,26H,2-3,6-9,11-13H2,1H3,(H,25,28). The summed E-state index contributed by atoms with van der Waals surface area (Å²) in [6.45, 7) is 0.586. The Balaban J connectivity index is 1.31. The summed E-state index contributed by atoms with van der Waals surface area (Å²) < 4.78 is 39.0. The predicted octanol–water partition coefficient (Wildman–Crippen LogP) is 3.34. The number of nitrogens with one attached hydrogen (secondary N) is 2. The van der Waals surface area contributed by atoms with Gasteiger partial charge in [-0.3, -0.25) is 14.3 Å². The van der Waals surface area contributed by atoms with E-state index in [0.29, 0.717) is 30.7 Å². The molecule has 6 rings (SSSR count). The van der Waals surface area contributed by atoms with Gasteiger partial charge in [0.2, 0.25) is 21.8 Å². The van der Waals surface area contributed by atoms with E-state index in [9.17, 15) is 22.4 Å². The molecule has 4 bridgehead atoms. The lowest BCUT2D eigenvalue weighted by Crippen LogP contribution is -2.56. The van der Waals surface area contributed by atoms with Crippen LogP contribution < -0.4 is 10.0 Å². The zero-order chi connectivity index (χ0) is 22.7. The van der Waals surface area contributed by atoms with E-state index in [-0.39, 0.29) is 28.6 Å². The zero-order valence-corrected chi connectivity index (χ0v) is 19.1. The molecule has 1 heterocycles. The summed E-state index contributed by atoms with van der Waals surface area (Å²) in [4.78, 5) is 28.6. The number of nitrogens with zero attached hydrogens (tertiary/aromatic N) is 1. The Kier molecular flexibility index (Phi) is 5.22. The van der Waals surface area contributed by atoms with Gasteiger partial charge in [-0.1, -0.05) is 0 Å². The second-order valence-corrected chi connectivity index (χ2v) is 12.2. The lowest BCUT2D eigenvalue weighted by Gasteiger charge is -2.56. The van der Waals surface area contributed by atoms with Crippen molar-refractivity contribution < 1.29 is 22.4 Å². The molecule has 174 valence electrons. The van der Waals surface area contributed by atoms with Gasteiger partial charge in [0.25, 0.3) is 0 Å². The van der Waals surface area contributed by atoms with Crippen LogP contribution in [0.5, 0.6) is 0 Å². The first-order chi connectivity index (χ1) is 15.1. The number of amides is 2. The first-order valence-corrected chi connectivity index (χ1v) is 13.4. The van der Waals surface area contributed by atoms with Crippen LogP contribution in [0, 0.1) is 29.0 Å². The van der Waals surface area contributed by atoms with Crippen LogP contribution in [-0.4, -0.2) is 44.0 Å². The minimum Gasteiger partial charge on any atom is -0.330 e. The molecule has 32 heavy (non-hydrogen) atoms. The number of hydrogen-bond acceptors (Lipinski definition) is 4. The first-order valence-electron chi connectivity index (χ1n) is 11.5. The summed E-state index contributed by atoms with van der Waals surface area (Å²) in [6.07, 6.45) is 8.95. The molecular weight excluding hydrogens is 433 g/mol. The van der Waals surface area contributed by atoms with E-state index in [1.165, 1.54) is 31.4 Å². The third-order valence-electron chi connectivity index (χ3n) is 7.84. The van der Waals surface area contributed by atoms with E-state index < -0.39 is 21.9 Å². The van der Waals surface area contributed by atoms with E-state index in [2.05, 4.69) is 10.0 Å². The molecule has 4 aliphatic carbocycles. The van der Waals surface area contributed by atoms with Gasteiger partial charge in [0.1, 0.15) is 11.9 Å². The van der Waals surface area contributed by atoms with Crippen molar-refractivity contribution in [3.8, 4) is 0 Å². The number of carbonyl (C=O) groups is 2. The van der Waals surface area contributed by atoms with Crippen molar-refractivity contribution >= 4 is 33.2 Å². The number of benzene rings is 1. The molecule has 4 saturated carbocycles. The van der Waals surface area contributed by atoms with Gasteiger partial charge in [0.15, 0.2) is 0 Å². The van der Waals surface area contributed by atoms with Crippen LogP contribution in [0.2, 0.25) is 0 Å². The van der Waals surface area contributed by atoms with E-state index in [1.807, 2.05) is 0 Å². The molecule has 1 unspecified atom stereocenters. The monoisotopic (exact) mass is 463 g/mol. The van der Waals surface area contributed by atoms with Crippen molar-refractivity contribution in [1.82, 2.24) is 4.90 Å². The van der Waals surface area contributed by atoms with Crippen LogP contribution in [-0.2, 0) is 19.6 Å². The molecule has 0 spiro atoms. The molecule has 5 aliphatic rings. The normalized spacial score (nSPS) is 33.4. The largest absolute Gasteiger partial charge is 0.330 e. The van der Waals surface area contributed by atoms with Crippen LogP contribution in [0.3, 0.4) is 0 Å². The van der Waals surface area contributed by atoms with Gasteiger partial charge in [0, 0.05) is 12.2 Å². The van der Waals surface area contributed by atoms with Gasteiger partial charge in [-0.2, -0.15) is 0 Å². The summed E-state index contributed by atoms with van der Waals surface area (Å²) in [5.41, 5.74) is -0.227. The summed E-state index contributed by atoms with van der Waals surface area (Å²) in [5.74, 6) is 1.07. The van der Waals surface area contributed by atoms with E-state index in [1.54, 1.807) is 4.90 Å².